The molecule has 4 rings (SSSR count). The van der Waals surface area contributed by atoms with Crippen LogP contribution in [-0.2, 0) is 14.3 Å². The predicted octanol–water partition coefficient (Wildman–Crippen LogP) is 5.75. The number of rotatable bonds is 3. The summed E-state index contributed by atoms with van der Waals surface area (Å²) >= 11 is 0. The van der Waals surface area contributed by atoms with E-state index in [9.17, 15) is 15.0 Å². The van der Waals surface area contributed by atoms with Crippen LogP contribution in [0.5, 0.6) is 0 Å². The maximum atomic E-state index is 12.8. The predicted molar refractivity (Wildman–Crippen MR) is 138 cm³/mol. The van der Waals surface area contributed by atoms with Crippen LogP contribution in [-0.4, -0.2) is 51.1 Å². The van der Waals surface area contributed by atoms with Crippen LogP contribution < -0.4 is 0 Å². The van der Waals surface area contributed by atoms with Crippen LogP contribution in [0.1, 0.15) is 113 Å². The Kier molecular flexibility index (Phi) is 6.96. The molecule has 2 saturated carbocycles. The van der Waals surface area contributed by atoms with Crippen LogP contribution in [0.15, 0.2) is 11.6 Å². The van der Waals surface area contributed by atoms with Crippen molar-refractivity contribution in [3.8, 4) is 0 Å². The van der Waals surface area contributed by atoms with Gasteiger partial charge in [-0.15, -0.1) is 0 Å². The van der Waals surface area contributed by atoms with Crippen LogP contribution >= 0.6 is 0 Å². The number of carbonyl (C=O) groups is 1. The fourth-order valence-corrected chi connectivity index (χ4v) is 7.95. The summed E-state index contributed by atoms with van der Waals surface area (Å²) in [5, 5.41) is 22.4. The molecular formula is C30H50O5. The maximum Gasteiger partial charge on any atom is 0.164 e. The van der Waals surface area contributed by atoms with E-state index in [1.807, 2.05) is 34.6 Å². The van der Waals surface area contributed by atoms with Crippen LogP contribution in [0.25, 0.3) is 0 Å². The minimum atomic E-state index is -0.785. The van der Waals surface area contributed by atoms with Crippen LogP contribution in [0.4, 0.5) is 0 Å². The normalized spacial score (nSPS) is 47.7. The van der Waals surface area contributed by atoms with Crippen LogP contribution in [0.2, 0.25) is 0 Å². The highest BCUT2D eigenvalue weighted by molar-refractivity contribution is 5.86. The molecule has 0 spiro atoms. The van der Waals surface area contributed by atoms with Gasteiger partial charge in [0.1, 0.15) is 5.60 Å². The number of hydrogen-bond donors (Lipinski definition) is 2. The highest BCUT2D eigenvalue weighted by atomic mass is 16.5. The minimum absolute atomic E-state index is 0.0186. The van der Waals surface area contributed by atoms with Crippen LogP contribution in [0.3, 0.4) is 0 Å². The standard InChI is InChI=1S/C30H50O5/c1-19-9-11-21-20(10-12-23(31)26(2,3)34-21)28(19,6)16-13-22-29(7)17-14-24(32)27(4,5)35-25(29)15-18-30(22,8)33/h10,19,21-23,25,31,33H,9,11-18H2,1-8H3/t19-,21-,22-,23-,25-,28-,29-,30-/m0/s1. The van der Waals surface area contributed by atoms with E-state index in [1.165, 1.54) is 5.57 Å². The van der Waals surface area contributed by atoms with Gasteiger partial charge in [-0.3, -0.25) is 4.79 Å². The zero-order valence-corrected chi connectivity index (χ0v) is 23.4. The van der Waals surface area contributed by atoms with Gasteiger partial charge >= 0.3 is 0 Å². The SMILES string of the molecule is C[C@H]1CC[C@@H]2OC(C)(C)[C@@H](O)CC=C2[C@@]1(C)CC[C@H]1[C@]2(C)CCC(=O)C(C)(C)O[C@H]2CC[C@]1(C)O. The summed E-state index contributed by atoms with van der Waals surface area (Å²) in [6.45, 7) is 16.8. The molecule has 2 aliphatic heterocycles. The summed E-state index contributed by atoms with van der Waals surface area (Å²) in [6.07, 6.45) is 9.08. The Morgan fingerprint density at radius 2 is 1.69 bits per heavy atom. The second kappa shape index (κ2) is 8.92. The van der Waals surface area contributed by atoms with E-state index >= 15 is 0 Å². The third-order valence-corrected chi connectivity index (χ3v) is 10.9. The molecule has 5 heteroatoms. The molecule has 35 heavy (non-hydrogen) atoms. The molecule has 0 unspecified atom stereocenters. The molecular weight excluding hydrogens is 440 g/mol. The fraction of sp³-hybridized carbons (Fsp3) is 0.900. The van der Waals surface area contributed by atoms with Gasteiger partial charge in [-0.2, -0.15) is 0 Å². The van der Waals surface area contributed by atoms with Gasteiger partial charge in [0, 0.05) is 6.42 Å². The van der Waals surface area contributed by atoms with Crippen molar-refractivity contribution in [1.29, 1.82) is 0 Å². The summed E-state index contributed by atoms with van der Waals surface area (Å²) in [7, 11) is 0. The average molecular weight is 491 g/mol. The molecule has 2 aliphatic carbocycles. The van der Waals surface area contributed by atoms with E-state index in [-0.39, 0.29) is 34.7 Å². The summed E-state index contributed by atoms with van der Waals surface area (Å²) in [5.74, 6) is 0.716. The zero-order valence-electron chi connectivity index (χ0n) is 23.4. The van der Waals surface area contributed by atoms with Gasteiger partial charge in [-0.05, 0) is 114 Å². The number of hydrogen-bond acceptors (Lipinski definition) is 5. The first-order valence-corrected chi connectivity index (χ1v) is 14.0. The Bertz CT molecular complexity index is 857. The lowest BCUT2D eigenvalue weighted by molar-refractivity contribution is -0.196. The Balaban J connectivity index is 1.62. The molecule has 0 bridgehead atoms. The van der Waals surface area contributed by atoms with Gasteiger partial charge in [-0.1, -0.05) is 26.8 Å². The largest absolute Gasteiger partial charge is 0.390 e. The molecule has 3 fully saturated rings. The molecule has 8 atom stereocenters. The van der Waals surface area contributed by atoms with E-state index in [0.29, 0.717) is 25.2 Å². The first-order valence-electron chi connectivity index (χ1n) is 14.0. The topological polar surface area (TPSA) is 76.0 Å². The van der Waals surface area contributed by atoms with Gasteiger partial charge in [-0.25, -0.2) is 0 Å². The van der Waals surface area contributed by atoms with Crippen molar-refractivity contribution in [2.45, 2.75) is 148 Å². The first kappa shape index (κ1) is 27.3. The number of aliphatic hydroxyl groups is 2. The highest BCUT2D eigenvalue weighted by Crippen LogP contribution is 2.58. The van der Waals surface area contributed by atoms with Gasteiger partial charge in [0.15, 0.2) is 5.78 Å². The number of Topliss-reactive ketones (excluding diaryl/α,β-unsaturated/α-hetero) is 1. The molecule has 0 aromatic heterocycles. The van der Waals surface area contributed by atoms with E-state index in [0.717, 1.165) is 38.5 Å². The number of aliphatic hydroxyl groups excluding tert-OH is 1. The first-order chi connectivity index (χ1) is 16.0. The van der Waals surface area contributed by atoms with Crippen molar-refractivity contribution in [3.05, 3.63) is 11.6 Å². The molecule has 2 N–H and O–H groups in total. The number of ketones is 1. The molecule has 0 amide bonds. The minimum Gasteiger partial charge on any atom is -0.390 e. The second-order valence-electron chi connectivity index (χ2n) is 14.0. The summed E-state index contributed by atoms with van der Waals surface area (Å²) in [5.41, 5.74) is -1.06. The lowest BCUT2D eigenvalue weighted by Gasteiger charge is -2.55. The van der Waals surface area contributed by atoms with Gasteiger partial charge in [0.2, 0.25) is 0 Å². The smallest absolute Gasteiger partial charge is 0.164 e. The molecule has 200 valence electrons. The third kappa shape index (κ3) is 4.69. The summed E-state index contributed by atoms with van der Waals surface area (Å²) in [6, 6.07) is 0. The molecule has 4 aliphatic rings. The molecule has 0 aromatic carbocycles. The van der Waals surface area contributed by atoms with Gasteiger partial charge in [0.25, 0.3) is 0 Å². The van der Waals surface area contributed by atoms with E-state index in [2.05, 4.69) is 26.8 Å². The van der Waals surface area contributed by atoms with E-state index in [4.69, 9.17) is 9.47 Å². The lowest BCUT2D eigenvalue weighted by atomic mass is 9.54. The summed E-state index contributed by atoms with van der Waals surface area (Å²) in [4.78, 5) is 12.8. The molecule has 2 heterocycles. The van der Waals surface area contributed by atoms with Crippen molar-refractivity contribution in [2.75, 3.05) is 0 Å². The molecule has 0 radical (unpaired) electrons. The fourth-order valence-electron chi connectivity index (χ4n) is 7.95. The zero-order chi connectivity index (χ0) is 26.0. The van der Waals surface area contributed by atoms with Crippen molar-refractivity contribution in [3.63, 3.8) is 0 Å². The highest BCUT2D eigenvalue weighted by Gasteiger charge is 2.57. The van der Waals surface area contributed by atoms with Crippen molar-refractivity contribution in [2.24, 2.45) is 22.7 Å². The van der Waals surface area contributed by atoms with E-state index in [1.54, 1.807) is 0 Å². The number of carbonyl (C=O) groups excluding carboxylic acids is 1. The monoisotopic (exact) mass is 490 g/mol. The Labute approximate surface area is 213 Å². The molecule has 5 nitrogen and oxygen atoms in total. The maximum absolute atomic E-state index is 12.8. The lowest BCUT2D eigenvalue weighted by Crippen LogP contribution is -2.56. The quantitative estimate of drug-likeness (QED) is 0.493. The van der Waals surface area contributed by atoms with Crippen molar-refractivity contribution >= 4 is 5.78 Å². The van der Waals surface area contributed by atoms with Gasteiger partial charge < -0.3 is 19.7 Å². The Morgan fingerprint density at radius 3 is 2.37 bits per heavy atom. The second-order valence-corrected chi connectivity index (χ2v) is 14.0. The van der Waals surface area contributed by atoms with Gasteiger partial charge in [0.05, 0.1) is 29.5 Å². The Hall–Kier alpha value is -0.750. The Morgan fingerprint density at radius 1 is 1.00 bits per heavy atom. The number of fused-ring (bicyclic) bond motifs is 2. The number of ether oxygens (including phenoxy) is 2. The molecule has 0 aromatic rings. The molecule has 1 saturated heterocycles. The van der Waals surface area contributed by atoms with E-state index < -0.39 is 22.9 Å². The van der Waals surface area contributed by atoms with Crippen LogP contribution in [0, 0.1) is 22.7 Å². The third-order valence-electron chi connectivity index (χ3n) is 10.9. The van der Waals surface area contributed by atoms with Crippen molar-refractivity contribution < 1.29 is 24.5 Å². The average Bonchev–Trinajstić information content (AvgIpc) is 2.92. The summed E-state index contributed by atoms with van der Waals surface area (Å²) < 4.78 is 13.0. The van der Waals surface area contributed by atoms with Crippen molar-refractivity contribution in [1.82, 2.24) is 0 Å².